The summed E-state index contributed by atoms with van der Waals surface area (Å²) in [6, 6.07) is 5.86. The van der Waals surface area contributed by atoms with Gasteiger partial charge in [0, 0.05) is 31.5 Å². The fraction of sp³-hybridized carbons (Fsp3) is 0.458. The summed E-state index contributed by atoms with van der Waals surface area (Å²) in [6.07, 6.45) is 6.05. The van der Waals surface area contributed by atoms with E-state index in [1.807, 2.05) is 6.07 Å². The predicted octanol–water partition coefficient (Wildman–Crippen LogP) is 3.96. The number of methoxy groups -OCH3 is 1. The number of rotatable bonds is 6. The van der Waals surface area contributed by atoms with E-state index in [9.17, 15) is 4.79 Å². The van der Waals surface area contributed by atoms with Crippen LogP contribution >= 0.6 is 11.3 Å². The Labute approximate surface area is 191 Å². The largest absolute Gasteiger partial charge is 0.494 e. The van der Waals surface area contributed by atoms with Gasteiger partial charge in [-0.15, -0.1) is 11.3 Å². The van der Waals surface area contributed by atoms with Crippen molar-refractivity contribution in [3.8, 4) is 16.3 Å². The first-order valence-corrected chi connectivity index (χ1v) is 12.0. The van der Waals surface area contributed by atoms with Gasteiger partial charge in [0.25, 0.3) is 0 Å². The number of hydrogen-bond acceptors (Lipinski definition) is 7. The minimum Gasteiger partial charge on any atom is -0.494 e. The van der Waals surface area contributed by atoms with Crippen LogP contribution in [0.4, 0.5) is 0 Å². The van der Waals surface area contributed by atoms with Crippen LogP contribution in [0.25, 0.3) is 20.8 Å². The molecule has 1 aromatic carbocycles. The quantitative estimate of drug-likeness (QED) is 0.609. The molecule has 2 aliphatic heterocycles. The number of benzene rings is 1. The number of ether oxygens (including phenoxy) is 2. The lowest BCUT2D eigenvalue weighted by atomic mass is 9.91. The first-order valence-electron chi connectivity index (χ1n) is 11.2. The van der Waals surface area contributed by atoms with Crippen molar-refractivity contribution in [1.82, 2.24) is 14.9 Å². The lowest BCUT2D eigenvalue weighted by Crippen LogP contribution is -2.21. The molecule has 2 aromatic heterocycles. The van der Waals surface area contributed by atoms with Crippen LogP contribution in [-0.2, 0) is 11.3 Å². The van der Waals surface area contributed by atoms with Gasteiger partial charge in [-0.2, -0.15) is 0 Å². The number of carbonyl (C=O) groups excluding carboxylic acids is 1. The molecule has 4 heterocycles. The summed E-state index contributed by atoms with van der Waals surface area (Å²) >= 11 is 1.61. The van der Waals surface area contributed by atoms with E-state index in [2.05, 4.69) is 16.0 Å². The molecule has 2 aliphatic rings. The Morgan fingerprint density at radius 1 is 1.25 bits per heavy atom. The average Bonchev–Trinajstić information content (AvgIpc) is 3.49. The van der Waals surface area contributed by atoms with Crippen molar-refractivity contribution >= 4 is 27.5 Å². The average molecular weight is 453 g/mol. The van der Waals surface area contributed by atoms with Gasteiger partial charge in [0.1, 0.15) is 16.3 Å². The van der Waals surface area contributed by atoms with E-state index in [0.29, 0.717) is 18.0 Å². The van der Waals surface area contributed by atoms with Gasteiger partial charge in [-0.05, 0) is 62.4 Å². The first-order chi connectivity index (χ1) is 15.7. The van der Waals surface area contributed by atoms with Crippen molar-refractivity contribution in [2.24, 2.45) is 5.73 Å². The maximum atomic E-state index is 12.4. The third-order valence-corrected chi connectivity index (χ3v) is 7.62. The Morgan fingerprint density at radius 2 is 2.03 bits per heavy atom. The molecule has 0 unspecified atom stereocenters. The monoisotopic (exact) mass is 452 g/mol. The topological polar surface area (TPSA) is 90.6 Å². The zero-order valence-corrected chi connectivity index (χ0v) is 19.1. The second kappa shape index (κ2) is 9.13. The molecule has 0 saturated carbocycles. The molecule has 2 fully saturated rings. The normalized spacial score (nSPS) is 17.8. The van der Waals surface area contributed by atoms with Crippen molar-refractivity contribution < 1.29 is 14.3 Å². The van der Waals surface area contributed by atoms with Crippen molar-refractivity contribution in [3.05, 3.63) is 41.2 Å². The highest BCUT2D eigenvalue weighted by molar-refractivity contribution is 7.22. The van der Waals surface area contributed by atoms with Crippen LogP contribution in [0.3, 0.4) is 0 Å². The zero-order valence-electron chi connectivity index (χ0n) is 18.3. The Bertz CT molecular complexity index is 1130. The lowest BCUT2D eigenvalue weighted by molar-refractivity contribution is 0.0856. The second-order valence-electron chi connectivity index (χ2n) is 8.47. The summed E-state index contributed by atoms with van der Waals surface area (Å²) in [5.41, 5.74) is 9.98. The van der Waals surface area contributed by atoms with Crippen LogP contribution in [0.1, 0.15) is 53.2 Å². The van der Waals surface area contributed by atoms with Crippen LogP contribution < -0.4 is 10.5 Å². The number of aromatic nitrogens is 2. The van der Waals surface area contributed by atoms with E-state index in [0.717, 1.165) is 71.4 Å². The molecule has 7 nitrogen and oxygen atoms in total. The summed E-state index contributed by atoms with van der Waals surface area (Å²) < 4.78 is 12.3. The fourth-order valence-corrected chi connectivity index (χ4v) is 6.08. The summed E-state index contributed by atoms with van der Waals surface area (Å²) in [5, 5.41) is 0.772. The van der Waals surface area contributed by atoms with E-state index >= 15 is 0 Å². The number of amides is 1. The minimum absolute atomic E-state index is 0.430. The Kier molecular flexibility index (Phi) is 6.08. The smallest absolute Gasteiger partial charge is 0.249 e. The van der Waals surface area contributed by atoms with Gasteiger partial charge in [0.15, 0.2) is 0 Å². The number of carbonyl (C=O) groups is 1. The van der Waals surface area contributed by atoms with Crippen LogP contribution in [-0.4, -0.2) is 54.2 Å². The van der Waals surface area contributed by atoms with Gasteiger partial charge in [0.05, 0.1) is 23.1 Å². The molecule has 0 aliphatic carbocycles. The van der Waals surface area contributed by atoms with E-state index < -0.39 is 5.91 Å². The number of nitrogens with two attached hydrogens (primary N) is 1. The van der Waals surface area contributed by atoms with Crippen LogP contribution in [0, 0.1) is 0 Å². The number of nitrogens with zero attached hydrogens (tertiary/aromatic N) is 3. The molecule has 32 heavy (non-hydrogen) atoms. The van der Waals surface area contributed by atoms with Crippen LogP contribution in [0.2, 0.25) is 0 Å². The van der Waals surface area contributed by atoms with Crippen LogP contribution in [0.15, 0.2) is 24.4 Å². The molecule has 0 spiro atoms. The van der Waals surface area contributed by atoms with Crippen LogP contribution in [0.5, 0.6) is 5.75 Å². The zero-order chi connectivity index (χ0) is 22.1. The lowest BCUT2D eigenvalue weighted by Gasteiger charge is -2.23. The molecule has 0 radical (unpaired) electrons. The second-order valence-corrected chi connectivity index (χ2v) is 9.47. The number of pyridine rings is 1. The number of thiazole rings is 1. The van der Waals surface area contributed by atoms with E-state index in [-0.39, 0.29) is 0 Å². The summed E-state index contributed by atoms with van der Waals surface area (Å²) in [6.45, 7) is 4.33. The summed E-state index contributed by atoms with van der Waals surface area (Å²) in [5.74, 6) is 0.712. The Balaban J connectivity index is 1.66. The fourth-order valence-electron chi connectivity index (χ4n) is 4.83. The minimum atomic E-state index is -0.457. The van der Waals surface area contributed by atoms with E-state index in [1.54, 1.807) is 30.7 Å². The number of fused-ring (bicyclic) bond motifs is 1. The molecule has 3 aromatic rings. The molecule has 1 amide bonds. The van der Waals surface area contributed by atoms with Crippen molar-refractivity contribution in [1.29, 1.82) is 0 Å². The van der Waals surface area contributed by atoms with Crippen molar-refractivity contribution in [3.63, 3.8) is 0 Å². The Hall–Kier alpha value is -2.55. The molecule has 5 rings (SSSR count). The SMILES string of the molecule is COc1ccc(C2CCOCC2)c2sc(-c3c(C(N)=O)ccnc3CN3CCCC3)nc12. The third-order valence-electron chi connectivity index (χ3n) is 6.50. The third kappa shape index (κ3) is 3.98. The van der Waals surface area contributed by atoms with E-state index in [4.69, 9.17) is 20.2 Å². The van der Waals surface area contributed by atoms with Gasteiger partial charge in [-0.1, -0.05) is 6.07 Å². The Morgan fingerprint density at radius 3 is 2.75 bits per heavy atom. The molecule has 0 atom stereocenters. The predicted molar refractivity (Wildman–Crippen MR) is 125 cm³/mol. The van der Waals surface area contributed by atoms with Gasteiger partial charge < -0.3 is 15.2 Å². The van der Waals surface area contributed by atoms with Gasteiger partial charge >= 0.3 is 0 Å². The molecule has 2 N–H and O–H groups in total. The standard InChI is InChI=1S/C24H28N4O3S/c1-30-19-5-4-16(15-7-12-31-13-8-15)22-21(19)27-24(32-22)20-17(23(25)29)6-9-26-18(20)14-28-10-2-3-11-28/h4-6,9,15H,2-3,7-8,10-14H2,1H3,(H2,25,29). The highest BCUT2D eigenvalue weighted by Gasteiger charge is 2.26. The van der Waals surface area contributed by atoms with Gasteiger partial charge in [-0.25, -0.2) is 4.98 Å². The van der Waals surface area contributed by atoms with Gasteiger partial charge in [-0.3, -0.25) is 14.7 Å². The molecule has 2 saturated heterocycles. The molecule has 168 valence electrons. The molecule has 8 heteroatoms. The highest BCUT2D eigenvalue weighted by Crippen LogP contribution is 2.43. The molecule has 0 bridgehead atoms. The van der Waals surface area contributed by atoms with E-state index in [1.165, 1.54) is 18.4 Å². The van der Waals surface area contributed by atoms with Crippen molar-refractivity contribution in [2.45, 2.75) is 38.1 Å². The van der Waals surface area contributed by atoms with Gasteiger partial charge in [0.2, 0.25) is 5.91 Å². The molecular formula is C24H28N4O3S. The highest BCUT2D eigenvalue weighted by atomic mass is 32.1. The maximum Gasteiger partial charge on any atom is 0.249 e. The summed E-state index contributed by atoms with van der Waals surface area (Å²) in [4.78, 5) is 24.4. The maximum absolute atomic E-state index is 12.4. The van der Waals surface area contributed by atoms with Crippen molar-refractivity contribution in [2.75, 3.05) is 33.4 Å². The summed E-state index contributed by atoms with van der Waals surface area (Å²) in [7, 11) is 1.67. The number of hydrogen-bond donors (Lipinski definition) is 1. The number of likely N-dealkylation sites (tertiary alicyclic amines) is 1. The molecular weight excluding hydrogens is 424 g/mol. The first kappa shape index (κ1) is 21.3. The number of primary amides is 1.